The Kier molecular flexibility index (Phi) is 5.66. The number of aryl methyl sites for hydroxylation is 2. The summed E-state index contributed by atoms with van der Waals surface area (Å²) in [6.45, 7) is 3.81. The van der Waals surface area contributed by atoms with Gasteiger partial charge in [0, 0.05) is 11.6 Å². The summed E-state index contributed by atoms with van der Waals surface area (Å²) < 4.78 is 6.23. The van der Waals surface area contributed by atoms with Gasteiger partial charge in [-0.3, -0.25) is 9.59 Å². The molecule has 4 unspecified atom stereocenters. The van der Waals surface area contributed by atoms with Crippen molar-refractivity contribution < 1.29 is 19.1 Å². The Hall–Kier alpha value is -3.19. The van der Waals surface area contributed by atoms with Crippen LogP contribution in [0.1, 0.15) is 36.8 Å². The number of amides is 4. The second kappa shape index (κ2) is 8.63. The highest BCUT2D eigenvalue weighted by Gasteiger charge is 2.58. The largest absolute Gasteiger partial charge is 0.363 e. The summed E-state index contributed by atoms with van der Waals surface area (Å²) in [7, 11) is 0. The van der Waals surface area contributed by atoms with Crippen LogP contribution in [0.2, 0.25) is 0 Å². The van der Waals surface area contributed by atoms with Crippen LogP contribution >= 0.6 is 0 Å². The Morgan fingerprint density at radius 3 is 2.58 bits per heavy atom. The zero-order valence-electron chi connectivity index (χ0n) is 19.0. The molecule has 0 spiro atoms. The molecule has 0 aromatic heterocycles. The maximum absolute atomic E-state index is 13.6. The molecule has 2 heterocycles. The molecule has 3 fully saturated rings. The Balaban J connectivity index is 1.45. The van der Waals surface area contributed by atoms with Gasteiger partial charge in [-0.25, -0.2) is 9.69 Å². The Morgan fingerprint density at radius 2 is 1.82 bits per heavy atom. The third-order valence-corrected chi connectivity index (χ3v) is 7.07. The minimum Gasteiger partial charge on any atom is -0.363 e. The zero-order valence-corrected chi connectivity index (χ0v) is 19.0. The molecule has 2 aromatic carbocycles. The normalized spacial score (nSPS) is 26.7. The van der Waals surface area contributed by atoms with Gasteiger partial charge >= 0.3 is 6.03 Å². The number of nitrogens with one attached hydrogen (secondary N) is 1. The van der Waals surface area contributed by atoms with Crippen LogP contribution in [-0.2, 0) is 14.3 Å². The summed E-state index contributed by atoms with van der Waals surface area (Å²) in [5.74, 6) is -0.546. The van der Waals surface area contributed by atoms with E-state index >= 15 is 0 Å². The molecule has 2 saturated heterocycles. The average molecular weight is 448 g/mol. The highest BCUT2D eigenvalue weighted by molar-refractivity contribution is 6.18. The van der Waals surface area contributed by atoms with Gasteiger partial charge in [-0.05, 0) is 50.5 Å². The van der Waals surface area contributed by atoms with Crippen LogP contribution in [0.3, 0.4) is 0 Å². The van der Waals surface area contributed by atoms with E-state index in [1.54, 1.807) is 29.2 Å². The molecule has 2 aromatic rings. The number of benzene rings is 2. The molecule has 172 valence electrons. The predicted molar refractivity (Wildman–Crippen MR) is 125 cm³/mol. The van der Waals surface area contributed by atoms with Gasteiger partial charge in [-0.15, -0.1) is 0 Å². The first-order valence-electron chi connectivity index (χ1n) is 11.7. The van der Waals surface area contributed by atoms with Crippen molar-refractivity contribution in [3.05, 3.63) is 59.7 Å². The Labute approximate surface area is 193 Å². The first kappa shape index (κ1) is 21.6. The SMILES string of the molecule is Cc1ccc(NC(=O)CN2C(=O)N(c3ccccc3)C(=O)C3OC4CCCCC4C32)c(C)c1. The fraction of sp³-hybridized carbons (Fsp3) is 0.423. The van der Waals surface area contributed by atoms with Crippen LogP contribution in [0.4, 0.5) is 16.2 Å². The molecule has 2 aliphatic heterocycles. The van der Waals surface area contributed by atoms with Gasteiger partial charge in [0.15, 0.2) is 6.10 Å². The summed E-state index contributed by atoms with van der Waals surface area (Å²) in [5.41, 5.74) is 3.29. The number of hydrogen-bond donors (Lipinski definition) is 1. The van der Waals surface area contributed by atoms with Crippen molar-refractivity contribution in [2.75, 3.05) is 16.8 Å². The smallest absolute Gasteiger partial charge is 0.332 e. The third-order valence-electron chi connectivity index (χ3n) is 7.07. The van der Waals surface area contributed by atoms with Crippen LogP contribution < -0.4 is 10.2 Å². The number of anilines is 2. The van der Waals surface area contributed by atoms with E-state index in [0.29, 0.717) is 5.69 Å². The molecule has 7 nitrogen and oxygen atoms in total. The molecular formula is C26H29N3O4. The van der Waals surface area contributed by atoms with Gasteiger partial charge in [0.25, 0.3) is 5.91 Å². The highest BCUT2D eigenvalue weighted by Crippen LogP contribution is 2.43. The lowest BCUT2D eigenvalue weighted by atomic mass is 9.81. The van der Waals surface area contributed by atoms with E-state index in [4.69, 9.17) is 4.74 Å². The summed E-state index contributed by atoms with van der Waals surface area (Å²) >= 11 is 0. The molecule has 1 N–H and O–H groups in total. The van der Waals surface area contributed by atoms with Crippen molar-refractivity contribution in [1.82, 2.24) is 4.90 Å². The molecule has 0 radical (unpaired) electrons. The number of imide groups is 1. The first-order valence-corrected chi connectivity index (χ1v) is 11.7. The summed E-state index contributed by atoms with van der Waals surface area (Å²) in [6, 6.07) is 13.8. The summed E-state index contributed by atoms with van der Waals surface area (Å²) in [4.78, 5) is 42.9. The number of rotatable bonds is 4. The summed E-state index contributed by atoms with van der Waals surface area (Å²) in [6.07, 6.45) is 3.08. The lowest BCUT2D eigenvalue weighted by Gasteiger charge is -2.42. The molecule has 0 bridgehead atoms. The maximum Gasteiger partial charge on any atom is 0.332 e. The van der Waals surface area contributed by atoms with Gasteiger partial charge in [-0.2, -0.15) is 0 Å². The van der Waals surface area contributed by atoms with E-state index in [-0.39, 0.29) is 30.4 Å². The van der Waals surface area contributed by atoms with Crippen LogP contribution in [0.15, 0.2) is 48.5 Å². The van der Waals surface area contributed by atoms with Crippen molar-refractivity contribution in [2.45, 2.75) is 57.8 Å². The minimum atomic E-state index is -0.745. The summed E-state index contributed by atoms with van der Waals surface area (Å²) in [5, 5.41) is 2.95. The molecule has 7 heteroatoms. The lowest BCUT2D eigenvalue weighted by molar-refractivity contribution is -0.133. The van der Waals surface area contributed by atoms with E-state index < -0.39 is 18.2 Å². The van der Waals surface area contributed by atoms with Gasteiger partial charge in [-0.1, -0.05) is 48.7 Å². The monoisotopic (exact) mass is 447 g/mol. The number of carbonyl (C=O) groups excluding carboxylic acids is 3. The fourth-order valence-corrected chi connectivity index (χ4v) is 5.54. The molecule has 3 aliphatic rings. The number of nitrogens with zero attached hydrogens (tertiary/aromatic N) is 2. The van der Waals surface area contributed by atoms with Crippen molar-refractivity contribution in [3.8, 4) is 0 Å². The number of carbonyl (C=O) groups is 3. The quantitative estimate of drug-likeness (QED) is 0.767. The van der Waals surface area contributed by atoms with E-state index in [0.717, 1.165) is 42.5 Å². The standard InChI is InChI=1S/C26H29N3O4/c1-16-12-13-20(17(2)14-16)27-22(30)15-28-23-19-10-6-7-11-21(19)33-24(23)25(31)29(26(28)32)18-8-4-3-5-9-18/h3-5,8-9,12-14,19,21,23-24H,6-7,10-11,15H2,1-2H3,(H,27,30). The molecule has 33 heavy (non-hydrogen) atoms. The highest BCUT2D eigenvalue weighted by atomic mass is 16.5. The Morgan fingerprint density at radius 1 is 1.06 bits per heavy atom. The zero-order chi connectivity index (χ0) is 23.1. The van der Waals surface area contributed by atoms with Crippen LogP contribution in [0.5, 0.6) is 0 Å². The number of fused-ring (bicyclic) bond motifs is 3. The predicted octanol–water partition coefficient (Wildman–Crippen LogP) is 4.04. The van der Waals surface area contributed by atoms with E-state index in [2.05, 4.69) is 5.32 Å². The molecule has 1 saturated carbocycles. The van der Waals surface area contributed by atoms with Crippen molar-refractivity contribution >= 4 is 29.2 Å². The fourth-order valence-electron chi connectivity index (χ4n) is 5.54. The second-order valence-corrected chi connectivity index (χ2v) is 9.32. The molecular weight excluding hydrogens is 418 g/mol. The topological polar surface area (TPSA) is 79.0 Å². The van der Waals surface area contributed by atoms with Gasteiger partial charge in [0.2, 0.25) is 5.91 Å². The second-order valence-electron chi connectivity index (χ2n) is 9.32. The third kappa shape index (κ3) is 3.91. The average Bonchev–Trinajstić information content (AvgIpc) is 3.19. The van der Waals surface area contributed by atoms with Crippen LogP contribution in [-0.4, -0.2) is 47.5 Å². The molecule has 4 amide bonds. The van der Waals surface area contributed by atoms with E-state index in [9.17, 15) is 14.4 Å². The number of hydrogen-bond acceptors (Lipinski definition) is 4. The first-order chi connectivity index (χ1) is 15.9. The molecule has 4 atom stereocenters. The molecule has 1 aliphatic carbocycles. The minimum absolute atomic E-state index is 0.0499. The van der Waals surface area contributed by atoms with Crippen molar-refractivity contribution in [1.29, 1.82) is 0 Å². The van der Waals surface area contributed by atoms with E-state index in [1.807, 2.05) is 38.1 Å². The maximum atomic E-state index is 13.6. The number of para-hydroxylation sites is 1. The van der Waals surface area contributed by atoms with Gasteiger partial charge < -0.3 is 15.0 Å². The Bertz CT molecular complexity index is 1090. The molecule has 5 rings (SSSR count). The van der Waals surface area contributed by atoms with Gasteiger partial charge in [0.1, 0.15) is 6.54 Å². The van der Waals surface area contributed by atoms with Crippen molar-refractivity contribution in [2.24, 2.45) is 5.92 Å². The van der Waals surface area contributed by atoms with E-state index in [1.165, 1.54) is 4.90 Å². The number of ether oxygens (including phenoxy) is 1. The van der Waals surface area contributed by atoms with Crippen molar-refractivity contribution in [3.63, 3.8) is 0 Å². The lowest BCUT2D eigenvalue weighted by Crippen LogP contribution is -2.65. The van der Waals surface area contributed by atoms with Crippen LogP contribution in [0, 0.1) is 19.8 Å². The van der Waals surface area contributed by atoms with Gasteiger partial charge in [0.05, 0.1) is 17.8 Å². The number of urea groups is 1. The van der Waals surface area contributed by atoms with Crippen LogP contribution in [0.25, 0.3) is 0 Å².